The lowest BCUT2D eigenvalue weighted by molar-refractivity contribution is 0.0972. The van der Waals surface area contributed by atoms with Crippen LogP contribution in [0.4, 0.5) is 5.69 Å². The molecule has 0 aromatic heterocycles. The van der Waals surface area contributed by atoms with Gasteiger partial charge in [0.15, 0.2) is 0 Å². The smallest absolute Gasteiger partial charge is 0.262 e. The van der Waals surface area contributed by atoms with Crippen LogP contribution < -0.4 is 9.64 Å². The monoisotopic (exact) mass is 295 g/mol. The van der Waals surface area contributed by atoms with E-state index in [9.17, 15) is 4.79 Å². The van der Waals surface area contributed by atoms with E-state index in [4.69, 9.17) is 4.74 Å². The van der Waals surface area contributed by atoms with Crippen LogP contribution in [-0.4, -0.2) is 19.1 Å². The summed E-state index contributed by atoms with van der Waals surface area (Å²) in [4.78, 5) is 15.1. The van der Waals surface area contributed by atoms with E-state index in [0.29, 0.717) is 17.2 Å². The number of methoxy groups -OCH3 is 1. The third kappa shape index (κ3) is 2.84. The van der Waals surface area contributed by atoms with Crippen molar-refractivity contribution in [1.82, 2.24) is 0 Å². The van der Waals surface area contributed by atoms with Crippen molar-refractivity contribution in [3.63, 3.8) is 0 Å². The fourth-order valence-corrected chi connectivity index (χ4v) is 2.87. The number of hydrogen-bond donors (Lipinski definition) is 0. The van der Waals surface area contributed by atoms with E-state index < -0.39 is 0 Å². The number of ether oxygens (including phenoxy) is 1. The second-order valence-corrected chi connectivity index (χ2v) is 5.79. The number of benzene rings is 2. The Labute approximate surface area is 131 Å². The number of carbonyl (C=O) groups is 1. The Hall–Kier alpha value is -2.29. The Balaban J connectivity index is 2.00. The topological polar surface area (TPSA) is 29.5 Å². The van der Waals surface area contributed by atoms with E-state index in [-0.39, 0.29) is 11.9 Å². The minimum Gasteiger partial charge on any atom is -0.496 e. The fraction of sp³-hybridized carbons (Fsp3) is 0.316. The molecular weight excluding hydrogens is 274 g/mol. The van der Waals surface area contributed by atoms with E-state index in [1.165, 1.54) is 12.8 Å². The Morgan fingerprint density at radius 3 is 2.36 bits per heavy atom. The number of rotatable bonds is 5. The second kappa shape index (κ2) is 6.22. The van der Waals surface area contributed by atoms with E-state index in [1.54, 1.807) is 7.11 Å². The summed E-state index contributed by atoms with van der Waals surface area (Å²) in [6.07, 6.45) is 2.40. The maximum absolute atomic E-state index is 13.1. The minimum atomic E-state index is 0.00282. The van der Waals surface area contributed by atoms with Gasteiger partial charge in [-0.2, -0.15) is 0 Å². The molecule has 2 aromatic rings. The molecule has 3 heteroatoms. The van der Waals surface area contributed by atoms with E-state index in [1.807, 2.05) is 59.5 Å². The first-order valence-electron chi connectivity index (χ1n) is 7.74. The quantitative estimate of drug-likeness (QED) is 0.829. The van der Waals surface area contributed by atoms with Gasteiger partial charge in [0.1, 0.15) is 5.75 Å². The van der Waals surface area contributed by atoms with E-state index in [0.717, 1.165) is 5.69 Å². The van der Waals surface area contributed by atoms with Gasteiger partial charge in [0.25, 0.3) is 5.91 Å². The molecule has 0 heterocycles. The second-order valence-electron chi connectivity index (χ2n) is 5.79. The van der Waals surface area contributed by atoms with Crippen LogP contribution in [0.1, 0.15) is 30.1 Å². The number of para-hydroxylation sites is 2. The zero-order valence-corrected chi connectivity index (χ0v) is 13.0. The summed E-state index contributed by atoms with van der Waals surface area (Å²) in [5.74, 6) is 1.22. The van der Waals surface area contributed by atoms with Crippen LogP contribution >= 0.6 is 0 Å². The Bertz CT molecular complexity index is 649. The summed E-state index contributed by atoms with van der Waals surface area (Å²) in [6.45, 7) is 2.14. The number of hydrogen-bond acceptors (Lipinski definition) is 2. The summed E-state index contributed by atoms with van der Waals surface area (Å²) in [5, 5.41) is 0. The highest BCUT2D eigenvalue weighted by Gasteiger charge is 2.36. The largest absolute Gasteiger partial charge is 0.496 e. The van der Waals surface area contributed by atoms with Crippen molar-refractivity contribution in [2.45, 2.75) is 25.8 Å². The molecule has 1 aliphatic carbocycles. The van der Waals surface area contributed by atoms with Crippen molar-refractivity contribution in [3.8, 4) is 5.75 Å². The number of amides is 1. The molecule has 1 amide bonds. The molecule has 1 atom stereocenters. The van der Waals surface area contributed by atoms with Crippen molar-refractivity contribution in [1.29, 1.82) is 0 Å². The molecule has 0 spiro atoms. The van der Waals surface area contributed by atoms with Crippen molar-refractivity contribution < 1.29 is 9.53 Å². The molecule has 1 fully saturated rings. The highest BCUT2D eigenvalue weighted by atomic mass is 16.5. The standard InChI is InChI=1S/C19H21NO2/c1-14(15-12-13-15)20(16-8-4-3-5-9-16)19(21)17-10-6-7-11-18(17)22-2/h3-11,14-15H,12-13H2,1-2H3/t14-/m0/s1. The van der Waals surface area contributed by atoms with Gasteiger partial charge in [-0.05, 0) is 49.9 Å². The van der Waals surface area contributed by atoms with Gasteiger partial charge in [0.05, 0.1) is 12.7 Å². The molecule has 22 heavy (non-hydrogen) atoms. The first-order chi connectivity index (χ1) is 10.7. The molecular formula is C19H21NO2. The van der Waals surface area contributed by atoms with Crippen LogP contribution in [0.25, 0.3) is 0 Å². The molecule has 0 N–H and O–H groups in total. The Morgan fingerprint density at radius 1 is 1.09 bits per heavy atom. The lowest BCUT2D eigenvalue weighted by Gasteiger charge is -2.30. The normalized spacial score (nSPS) is 15.2. The summed E-state index contributed by atoms with van der Waals surface area (Å²) >= 11 is 0. The third-order valence-corrected chi connectivity index (χ3v) is 4.30. The lowest BCUT2D eigenvalue weighted by Crippen LogP contribution is -2.40. The molecule has 3 rings (SSSR count). The molecule has 0 radical (unpaired) electrons. The van der Waals surface area contributed by atoms with E-state index in [2.05, 4.69) is 6.92 Å². The first-order valence-corrected chi connectivity index (χ1v) is 7.74. The first kappa shape index (κ1) is 14.6. The fourth-order valence-electron chi connectivity index (χ4n) is 2.87. The SMILES string of the molecule is COc1ccccc1C(=O)N(c1ccccc1)[C@@H](C)C1CC1. The van der Waals surface area contributed by atoms with Crippen LogP contribution in [0.15, 0.2) is 54.6 Å². The summed E-state index contributed by atoms with van der Waals surface area (Å²) in [6, 6.07) is 17.5. The summed E-state index contributed by atoms with van der Waals surface area (Å²) < 4.78 is 5.36. The van der Waals surface area contributed by atoms with E-state index >= 15 is 0 Å². The van der Waals surface area contributed by atoms with Crippen LogP contribution in [-0.2, 0) is 0 Å². The maximum Gasteiger partial charge on any atom is 0.262 e. The Morgan fingerprint density at radius 2 is 1.73 bits per heavy atom. The van der Waals surface area contributed by atoms with Gasteiger partial charge in [-0.1, -0.05) is 30.3 Å². The maximum atomic E-state index is 13.1. The van der Waals surface area contributed by atoms with Crippen LogP contribution in [0, 0.1) is 5.92 Å². The zero-order chi connectivity index (χ0) is 15.5. The minimum absolute atomic E-state index is 0.00282. The molecule has 0 saturated heterocycles. The molecule has 0 unspecified atom stereocenters. The molecule has 1 saturated carbocycles. The van der Waals surface area contributed by atoms with Crippen LogP contribution in [0.2, 0.25) is 0 Å². The molecule has 0 aliphatic heterocycles. The van der Waals surface area contributed by atoms with Gasteiger partial charge in [0.2, 0.25) is 0 Å². The highest BCUT2D eigenvalue weighted by Crippen LogP contribution is 2.38. The number of anilines is 1. The van der Waals surface area contributed by atoms with Gasteiger partial charge in [-0.25, -0.2) is 0 Å². The molecule has 3 nitrogen and oxygen atoms in total. The summed E-state index contributed by atoms with van der Waals surface area (Å²) in [7, 11) is 1.60. The number of carbonyl (C=O) groups excluding carboxylic acids is 1. The van der Waals surface area contributed by atoms with Crippen molar-refractivity contribution in [2.24, 2.45) is 5.92 Å². The third-order valence-electron chi connectivity index (χ3n) is 4.30. The molecule has 2 aromatic carbocycles. The number of nitrogens with zero attached hydrogens (tertiary/aromatic N) is 1. The molecule has 114 valence electrons. The van der Waals surface area contributed by atoms with Gasteiger partial charge < -0.3 is 9.64 Å². The average Bonchev–Trinajstić information content (AvgIpc) is 3.40. The predicted octanol–water partition coefficient (Wildman–Crippen LogP) is 4.14. The zero-order valence-electron chi connectivity index (χ0n) is 13.0. The van der Waals surface area contributed by atoms with Crippen molar-refractivity contribution in [3.05, 3.63) is 60.2 Å². The van der Waals surface area contributed by atoms with Gasteiger partial charge in [-0.15, -0.1) is 0 Å². The van der Waals surface area contributed by atoms with Crippen LogP contribution in [0.3, 0.4) is 0 Å². The van der Waals surface area contributed by atoms with Crippen molar-refractivity contribution in [2.75, 3.05) is 12.0 Å². The van der Waals surface area contributed by atoms with Crippen molar-refractivity contribution >= 4 is 11.6 Å². The highest BCUT2D eigenvalue weighted by molar-refractivity contribution is 6.08. The predicted molar refractivity (Wildman–Crippen MR) is 88.4 cm³/mol. The Kier molecular flexibility index (Phi) is 4.14. The molecule has 0 bridgehead atoms. The summed E-state index contributed by atoms with van der Waals surface area (Å²) in [5.41, 5.74) is 1.55. The van der Waals surface area contributed by atoms with Crippen LogP contribution in [0.5, 0.6) is 5.75 Å². The van der Waals surface area contributed by atoms with Gasteiger partial charge in [-0.3, -0.25) is 4.79 Å². The average molecular weight is 295 g/mol. The van der Waals surface area contributed by atoms with Gasteiger partial charge >= 0.3 is 0 Å². The van der Waals surface area contributed by atoms with Gasteiger partial charge in [0, 0.05) is 11.7 Å². The molecule has 1 aliphatic rings. The lowest BCUT2D eigenvalue weighted by atomic mass is 10.1.